The Labute approximate surface area is 132 Å². The minimum absolute atomic E-state index is 0.104. The van der Waals surface area contributed by atoms with Gasteiger partial charge < -0.3 is 15.4 Å². The zero-order valence-corrected chi connectivity index (χ0v) is 14.0. The van der Waals surface area contributed by atoms with Gasteiger partial charge in [-0.05, 0) is 37.6 Å². The van der Waals surface area contributed by atoms with Crippen molar-refractivity contribution in [3.63, 3.8) is 0 Å². The molecule has 0 bridgehead atoms. The number of ether oxygens (including phenoxy) is 1. The number of nitrogens with one attached hydrogen (secondary N) is 2. The molecule has 1 atom stereocenters. The summed E-state index contributed by atoms with van der Waals surface area (Å²) < 4.78 is 5.78. The van der Waals surface area contributed by atoms with Gasteiger partial charge in [-0.1, -0.05) is 32.4 Å². The number of halogens is 1. The van der Waals surface area contributed by atoms with Crippen LogP contribution in [0.5, 0.6) is 5.75 Å². The molecule has 118 valence electrons. The van der Waals surface area contributed by atoms with E-state index in [9.17, 15) is 4.79 Å². The Hall–Kier alpha value is -1.26. The predicted octanol–water partition coefficient (Wildman–Crippen LogP) is 2.99. The van der Waals surface area contributed by atoms with Gasteiger partial charge in [-0.25, -0.2) is 0 Å². The van der Waals surface area contributed by atoms with Crippen molar-refractivity contribution in [1.82, 2.24) is 10.6 Å². The fourth-order valence-electron chi connectivity index (χ4n) is 1.75. The molecule has 5 heteroatoms. The zero-order chi connectivity index (χ0) is 15.8. The highest BCUT2D eigenvalue weighted by molar-refractivity contribution is 6.30. The van der Waals surface area contributed by atoms with Crippen LogP contribution in [0, 0.1) is 5.92 Å². The van der Waals surface area contributed by atoms with Crippen LogP contribution in [0.1, 0.15) is 33.3 Å². The molecule has 0 aliphatic heterocycles. The molecule has 0 aromatic heterocycles. The van der Waals surface area contributed by atoms with Gasteiger partial charge in [0.15, 0.2) is 6.10 Å². The first-order valence-corrected chi connectivity index (χ1v) is 7.75. The summed E-state index contributed by atoms with van der Waals surface area (Å²) in [7, 11) is 0. The molecule has 0 aliphatic rings. The van der Waals surface area contributed by atoms with E-state index in [0.717, 1.165) is 12.1 Å². The molecule has 2 N–H and O–H groups in total. The van der Waals surface area contributed by atoms with Crippen molar-refractivity contribution in [2.24, 2.45) is 5.92 Å². The summed E-state index contributed by atoms with van der Waals surface area (Å²) in [5.74, 6) is 1.00. The first kappa shape index (κ1) is 17.8. The maximum Gasteiger partial charge on any atom is 0.260 e. The van der Waals surface area contributed by atoms with E-state index in [2.05, 4.69) is 24.5 Å². The van der Waals surface area contributed by atoms with Gasteiger partial charge >= 0.3 is 0 Å². The van der Waals surface area contributed by atoms with Crippen LogP contribution < -0.4 is 15.4 Å². The smallest absolute Gasteiger partial charge is 0.260 e. The Morgan fingerprint density at radius 2 is 2.05 bits per heavy atom. The third-order valence-corrected chi connectivity index (χ3v) is 3.18. The third-order valence-electron chi connectivity index (χ3n) is 2.95. The molecule has 0 fully saturated rings. The molecule has 0 saturated carbocycles. The van der Waals surface area contributed by atoms with Crippen LogP contribution in [-0.4, -0.2) is 25.1 Å². The van der Waals surface area contributed by atoms with Crippen molar-refractivity contribution in [3.05, 3.63) is 28.8 Å². The Bertz CT molecular complexity index is 464. The second-order valence-corrected chi connectivity index (χ2v) is 5.87. The van der Waals surface area contributed by atoms with Crippen LogP contribution in [0.15, 0.2) is 18.2 Å². The first-order valence-electron chi connectivity index (χ1n) is 7.37. The largest absolute Gasteiger partial charge is 0.481 e. The van der Waals surface area contributed by atoms with Crippen molar-refractivity contribution in [2.45, 2.75) is 40.3 Å². The van der Waals surface area contributed by atoms with Crippen LogP contribution in [0.4, 0.5) is 0 Å². The highest BCUT2D eigenvalue weighted by atomic mass is 35.5. The molecule has 0 spiro atoms. The van der Waals surface area contributed by atoms with Gasteiger partial charge in [0.1, 0.15) is 5.75 Å². The quantitative estimate of drug-likeness (QED) is 0.776. The fourth-order valence-corrected chi connectivity index (χ4v) is 1.95. The van der Waals surface area contributed by atoms with Crippen LogP contribution in [0.3, 0.4) is 0 Å². The first-order chi connectivity index (χ1) is 9.93. The molecule has 4 nitrogen and oxygen atoms in total. The van der Waals surface area contributed by atoms with Crippen LogP contribution in [0.2, 0.25) is 5.02 Å². The molecule has 0 saturated heterocycles. The minimum atomic E-state index is -0.537. The van der Waals surface area contributed by atoms with Crippen LogP contribution >= 0.6 is 11.6 Å². The minimum Gasteiger partial charge on any atom is -0.481 e. The van der Waals surface area contributed by atoms with Crippen molar-refractivity contribution >= 4 is 17.5 Å². The summed E-state index contributed by atoms with van der Waals surface area (Å²) in [6.07, 6.45) is -0.537. The number of hydrogen-bond donors (Lipinski definition) is 2. The van der Waals surface area contributed by atoms with Gasteiger partial charge in [0.2, 0.25) is 0 Å². The van der Waals surface area contributed by atoms with Crippen molar-refractivity contribution in [3.8, 4) is 5.75 Å². The maximum absolute atomic E-state index is 12.0. The average Bonchev–Trinajstić information content (AvgIpc) is 2.44. The summed E-state index contributed by atoms with van der Waals surface area (Å²) in [4.78, 5) is 12.0. The summed E-state index contributed by atoms with van der Waals surface area (Å²) >= 11 is 6.02. The molecule has 0 radical (unpaired) electrons. The lowest BCUT2D eigenvalue weighted by atomic mass is 10.2. The molecule has 21 heavy (non-hydrogen) atoms. The van der Waals surface area contributed by atoms with E-state index in [1.807, 2.05) is 13.0 Å². The van der Waals surface area contributed by atoms with E-state index in [1.54, 1.807) is 19.1 Å². The number of carbonyl (C=O) groups is 1. The molecular formula is C16H25ClN2O2. The highest BCUT2D eigenvalue weighted by Gasteiger charge is 2.16. The number of benzene rings is 1. The second kappa shape index (κ2) is 8.90. The van der Waals surface area contributed by atoms with Gasteiger partial charge in [0.25, 0.3) is 5.91 Å². The zero-order valence-electron chi connectivity index (χ0n) is 13.2. The molecule has 0 heterocycles. The van der Waals surface area contributed by atoms with Gasteiger partial charge in [-0.3, -0.25) is 4.79 Å². The Morgan fingerprint density at radius 1 is 1.33 bits per heavy atom. The Balaban J connectivity index is 2.70. The van der Waals surface area contributed by atoms with E-state index in [-0.39, 0.29) is 5.91 Å². The van der Waals surface area contributed by atoms with E-state index >= 15 is 0 Å². The van der Waals surface area contributed by atoms with Crippen molar-refractivity contribution < 1.29 is 9.53 Å². The molecule has 1 unspecified atom stereocenters. The molecule has 1 amide bonds. The van der Waals surface area contributed by atoms with Crippen molar-refractivity contribution in [2.75, 3.05) is 13.1 Å². The van der Waals surface area contributed by atoms with E-state index in [1.165, 1.54) is 0 Å². The van der Waals surface area contributed by atoms with Crippen LogP contribution in [-0.2, 0) is 11.3 Å². The summed E-state index contributed by atoms with van der Waals surface area (Å²) in [6.45, 7) is 10.1. The lowest BCUT2D eigenvalue weighted by Gasteiger charge is -2.18. The monoisotopic (exact) mass is 312 g/mol. The third kappa shape index (κ3) is 6.36. The van der Waals surface area contributed by atoms with Crippen molar-refractivity contribution in [1.29, 1.82) is 0 Å². The second-order valence-electron chi connectivity index (χ2n) is 5.43. The summed E-state index contributed by atoms with van der Waals surface area (Å²) in [5.41, 5.74) is 0.952. The standard InChI is InChI=1S/C16H25ClN2O2/c1-5-18-10-13-8-14(17)6-7-15(13)21-12(4)16(20)19-9-11(2)3/h6-8,11-12,18H,5,9-10H2,1-4H3,(H,19,20). The molecule has 1 rings (SSSR count). The Kier molecular flexibility index (Phi) is 7.54. The average molecular weight is 313 g/mol. The van der Waals surface area contributed by atoms with Gasteiger partial charge in [0.05, 0.1) is 0 Å². The van der Waals surface area contributed by atoms with Gasteiger partial charge in [-0.2, -0.15) is 0 Å². The lowest BCUT2D eigenvalue weighted by molar-refractivity contribution is -0.127. The molecular weight excluding hydrogens is 288 g/mol. The normalized spacial score (nSPS) is 12.3. The topological polar surface area (TPSA) is 50.4 Å². The maximum atomic E-state index is 12.0. The van der Waals surface area contributed by atoms with E-state index < -0.39 is 6.10 Å². The summed E-state index contributed by atoms with van der Waals surface area (Å²) in [6, 6.07) is 5.44. The lowest BCUT2D eigenvalue weighted by Crippen LogP contribution is -2.38. The van der Waals surface area contributed by atoms with E-state index in [0.29, 0.717) is 29.8 Å². The Morgan fingerprint density at radius 3 is 2.67 bits per heavy atom. The number of carbonyl (C=O) groups excluding carboxylic acids is 1. The molecule has 0 aliphatic carbocycles. The highest BCUT2D eigenvalue weighted by Crippen LogP contribution is 2.24. The van der Waals surface area contributed by atoms with Crippen LogP contribution in [0.25, 0.3) is 0 Å². The number of hydrogen-bond acceptors (Lipinski definition) is 3. The molecule has 1 aromatic carbocycles. The van der Waals surface area contributed by atoms with Gasteiger partial charge in [0, 0.05) is 23.7 Å². The number of amides is 1. The molecule has 1 aromatic rings. The van der Waals surface area contributed by atoms with E-state index in [4.69, 9.17) is 16.3 Å². The predicted molar refractivity (Wildman–Crippen MR) is 86.8 cm³/mol. The summed E-state index contributed by atoms with van der Waals surface area (Å²) in [5, 5.41) is 6.77. The fraction of sp³-hybridized carbons (Fsp3) is 0.562. The number of rotatable bonds is 8. The SMILES string of the molecule is CCNCc1cc(Cl)ccc1OC(C)C(=O)NCC(C)C. The van der Waals surface area contributed by atoms with Gasteiger partial charge in [-0.15, -0.1) is 0 Å².